The van der Waals surface area contributed by atoms with Crippen LogP contribution in [0, 0.1) is 5.92 Å². The van der Waals surface area contributed by atoms with Crippen molar-refractivity contribution in [3.05, 3.63) is 12.7 Å². The van der Waals surface area contributed by atoms with E-state index in [1.54, 1.807) is 6.08 Å². The highest BCUT2D eigenvalue weighted by Crippen LogP contribution is 2.18. The fraction of sp³-hybridized carbons (Fsp3) is 0.714. The molecule has 1 aliphatic heterocycles. The monoisotopic (exact) mass is 268 g/mol. The zero-order valence-electron chi connectivity index (χ0n) is 12.0. The van der Waals surface area contributed by atoms with Gasteiger partial charge in [0.25, 0.3) is 0 Å². The molecule has 1 heterocycles. The molecule has 0 aromatic carbocycles. The molecule has 1 saturated heterocycles. The van der Waals surface area contributed by atoms with Crippen LogP contribution in [0.15, 0.2) is 12.7 Å². The molecule has 0 saturated carbocycles. The van der Waals surface area contributed by atoms with E-state index in [0.29, 0.717) is 12.8 Å². The van der Waals surface area contributed by atoms with E-state index >= 15 is 0 Å². The lowest BCUT2D eigenvalue weighted by Gasteiger charge is -2.24. The number of nitrogens with one attached hydrogen (secondary N) is 2. The first-order valence-electron chi connectivity index (χ1n) is 6.70. The van der Waals surface area contributed by atoms with E-state index in [2.05, 4.69) is 17.2 Å². The fourth-order valence-corrected chi connectivity index (χ4v) is 2.10. The molecular formula is C14H24N2O3. The molecule has 1 aliphatic rings. The van der Waals surface area contributed by atoms with Crippen LogP contribution >= 0.6 is 0 Å². The Balaban J connectivity index is 2.50. The molecule has 1 fully saturated rings. The number of rotatable bonds is 5. The van der Waals surface area contributed by atoms with Crippen molar-refractivity contribution in [1.82, 2.24) is 10.6 Å². The average Bonchev–Trinajstić information content (AvgIpc) is 2.61. The first-order chi connectivity index (χ1) is 8.81. The molecule has 1 rings (SSSR count). The van der Waals surface area contributed by atoms with Gasteiger partial charge >= 0.3 is 6.09 Å². The van der Waals surface area contributed by atoms with Crippen LogP contribution in [0.1, 0.15) is 40.0 Å². The van der Waals surface area contributed by atoms with E-state index in [1.807, 2.05) is 20.8 Å². The van der Waals surface area contributed by atoms with Gasteiger partial charge in [-0.15, -0.1) is 6.58 Å². The van der Waals surface area contributed by atoms with E-state index in [9.17, 15) is 9.59 Å². The van der Waals surface area contributed by atoms with Gasteiger partial charge in [0.05, 0.1) is 0 Å². The number of hydrogen-bond donors (Lipinski definition) is 2. The predicted octanol–water partition coefficient (Wildman–Crippen LogP) is 1.98. The number of amides is 2. The largest absolute Gasteiger partial charge is 0.444 e. The van der Waals surface area contributed by atoms with Crippen molar-refractivity contribution in [2.45, 2.75) is 51.7 Å². The zero-order valence-corrected chi connectivity index (χ0v) is 12.0. The summed E-state index contributed by atoms with van der Waals surface area (Å²) < 4.78 is 5.22. The quantitative estimate of drug-likeness (QED) is 0.749. The predicted molar refractivity (Wildman–Crippen MR) is 73.7 cm³/mol. The second kappa shape index (κ2) is 6.59. The van der Waals surface area contributed by atoms with Gasteiger partial charge in [0.1, 0.15) is 5.60 Å². The highest BCUT2D eigenvalue weighted by molar-refractivity contribution is 5.80. The third-order valence-corrected chi connectivity index (χ3v) is 2.90. The van der Waals surface area contributed by atoms with Crippen molar-refractivity contribution in [3.63, 3.8) is 0 Å². The van der Waals surface area contributed by atoms with Crippen LogP contribution in [0.5, 0.6) is 0 Å². The van der Waals surface area contributed by atoms with Crippen LogP contribution in [0.25, 0.3) is 0 Å². The van der Waals surface area contributed by atoms with Crippen molar-refractivity contribution < 1.29 is 14.3 Å². The summed E-state index contributed by atoms with van der Waals surface area (Å²) in [6.07, 6.45) is 3.37. The molecule has 2 amide bonds. The van der Waals surface area contributed by atoms with Crippen molar-refractivity contribution in [2.24, 2.45) is 5.92 Å². The Morgan fingerprint density at radius 3 is 2.79 bits per heavy atom. The third-order valence-electron chi connectivity index (χ3n) is 2.90. The molecule has 0 spiro atoms. The lowest BCUT2D eigenvalue weighted by molar-refractivity contribution is -0.122. The molecule has 108 valence electrons. The summed E-state index contributed by atoms with van der Waals surface area (Å²) in [5.41, 5.74) is -0.520. The molecular weight excluding hydrogens is 244 g/mol. The molecule has 5 heteroatoms. The van der Waals surface area contributed by atoms with Gasteiger partial charge in [-0.2, -0.15) is 0 Å². The molecule has 5 nitrogen and oxygen atoms in total. The Morgan fingerprint density at radius 1 is 1.63 bits per heavy atom. The highest BCUT2D eigenvalue weighted by atomic mass is 16.6. The molecule has 0 aliphatic carbocycles. The van der Waals surface area contributed by atoms with Crippen LogP contribution < -0.4 is 10.6 Å². The summed E-state index contributed by atoms with van der Waals surface area (Å²) in [6, 6.07) is -0.110. The first-order valence-corrected chi connectivity index (χ1v) is 6.70. The van der Waals surface area contributed by atoms with Crippen molar-refractivity contribution in [3.8, 4) is 0 Å². The average molecular weight is 268 g/mol. The minimum absolute atomic E-state index is 0.0279. The Kier molecular flexibility index (Phi) is 5.39. The van der Waals surface area contributed by atoms with Crippen molar-refractivity contribution >= 4 is 12.0 Å². The maximum atomic E-state index is 11.7. The number of carbonyl (C=O) groups excluding carboxylic acids is 2. The van der Waals surface area contributed by atoms with E-state index in [0.717, 1.165) is 13.0 Å². The maximum absolute atomic E-state index is 11.7. The summed E-state index contributed by atoms with van der Waals surface area (Å²) >= 11 is 0. The number of ether oxygens (including phenoxy) is 1. The van der Waals surface area contributed by atoms with Gasteiger partial charge in [-0.25, -0.2) is 4.79 Å². The Bertz CT molecular complexity index is 347. The molecule has 0 aromatic rings. The Morgan fingerprint density at radius 2 is 2.32 bits per heavy atom. The lowest BCUT2D eigenvalue weighted by Crippen LogP contribution is -2.40. The number of carbonyl (C=O) groups is 2. The van der Waals surface area contributed by atoms with E-state index in [1.165, 1.54) is 0 Å². The summed E-state index contributed by atoms with van der Waals surface area (Å²) in [5.74, 6) is 0.0416. The van der Waals surface area contributed by atoms with E-state index in [-0.39, 0.29) is 17.9 Å². The van der Waals surface area contributed by atoms with Crippen LogP contribution in [0.2, 0.25) is 0 Å². The number of alkyl carbamates (subject to hydrolysis) is 1. The van der Waals surface area contributed by atoms with Gasteiger partial charge in [-0.1, -0.05) is 6.08 Å². The van der Waals surface area contributed by atoms with Gasteiger partial charge < -0.3 is 15.4 Å². The Labute approximate surface area is 114 Å². The standard InChI is InChI=1S/C14H24N2O3/c1-5-6-11(9-10-7-8-15-12(10)17)16-13(18)19-14(2,3)4/h5,10-11H,1,6-9H2,2-4H3,(H,15,17)(H,16,18)/t10-,11?/m0/s1. The fourth-order valence-electron chi connectivity index (χ4n) is 2.10. The van der Waals surface area contributed by atoms with Crippen LogP contribution in [0.3, 0.4) is 0 Å². The van der Waals surface area contributed by atoms with Gasteiger partial charge in [-0.05, 0) is 40.0 Å². The molecule has 0 radical (unpaired) electrons. The lowest BCUT2D eigenvalue weighted by atomic mass is 9.96. The van der Waals surface area contributed by atoms with Crippen LogP contribution in [-0.2, 0) is 9.53 Å². The zero-order chi connectivity index (χ0) is 14.5. The molecule has 2 N–H and O–H groups in total. The minimum atomic E-state index is -0.520. The smallest absolute Gasteiger partial charge is 0.407 e. The SMILES string of the molecule is C=CCC(C[C@@H]1CCNC1=O)NC(=O)OC(C)(C)C. The van der Waals surface area contributed by atoms with E-state index in [4.69, 9.17) is 4.74 Å². The molecule has 0 aromatic heterocycles. The van der Waals surface area contributed by atoms with Gasteiger partial charge in [0, 0.05) is 18.5 Å². The summed E-state index contributed by atoms with van der Waals surface area (Å²) in [6.45, 7) is 9.86. The van der Waals surface area contributed by atoms with Crippen molar-refractivity contribution in [2.75, 3.05) is 6.54 Å². The van der Waals surface area contributed by atoms with E-state index < -0.39 is 11.7 Å². The summed E-state index contributed by atoms with van der Waals surface area (Å²) in [7, 11) is 0. The molecule has 1 unspecified atom stereocenters. The van der Waals surface area contributed by atoms with Crippen LogP contribution in [-0.4, -0.2) is 30.2 Å². The second-order valence-electron chi connectivity index (χ2n) is 5.88. The highest BCUT2D eigenvalue weighted by Gasteiger charge is 2.28. The maximum Gasteiger partial charge on any atom is 0.407 e. The molecule has 19 heavy (non-hydrogen) atoms. The normalized spacial score (nSPS) is 20.6. The summed E-state index contributed by atoms with van der Waals surface area (Å²) in [4.78, 5) is 23.3. The topological polar surface area (TPSA) is 67.4 Å². The second-order valence-corrected chi connectivity index (χ2v) is 5.88. The van der Waals surface area contributed by atoms with Gasteiger partial charge in [-0.3, -0.25) is 4.79 Å². The molecule has 2 atom stereocenters. The summed E-state index contributed by atoms with van der Waals surface area (Å²) in [5, 5.41) is 5.61. The van der Waals surface area contributed by atoms with Gasteiger partial charge in [0.2, 0.25) is 5.91 Å². The van der Waals surface area contributed by atoms with Crippen LogP contribution in [0.4, 0.5) is 4.79 Å². The number of hydrogen-bond acceptors (Lipinski definition) is 3. The minimum Gasteiger partial charge on any atom is -0.444 e. The van der Waals surface area contributed by atoms with Gasteiger partial charge in [0.15, 0.2) is 0 Å². The van der Waals surface area contributed by atoms with Crippen molar-refractivity contribution in [1.29, 1.82) is 0 Å². The first kappa shape index (κ1) is 15.5. The third kappa shape index (κ3) is 5.77. The molecule has 0 bridgehead atoms. The Hall–Kier alpha value is -1.52.